The number of carbonyl (C=O) groups excluding carboxylic acids is 1. The molecule has 1 nitrogen and oxygen atoms in total. The first kappa shape index (κ1) is 6.49. The maximum atomic E-state index is 10.9. The molecule has 0 aromatic rings. The van der Waals surface area contributed by atoms with Crippen LogP contribution in [0.15, 0.2) is 0 Å². The van der Waals surface area contributed by atoms with Crippen LogP contribution in [0.1, 0.15) is 13.8 Å². The van der Waals surface area contributed by atoms with E-state index in [9.17, 15) is 4.79 Å². The van der Waals surface area contributed by atoms with Crippen molar-refractivity contribution in [2.45, 2.75) is 18.6 Å². The monoisotopic (exact) mass is 148 g/mol. The van der Waals surface area contributed by atoms with Gasteiger partial charge in [0.1, 0.15) is 0 Å². The van der Waals surface area contributed by atoms with Crippen LogP contribution in [0.3, 0.4) is 0 Å². The Labute approximate surface area is 57.0 Å². The maximum Gasteiger partial charge on any atom is 0.159 e. The molecule has 0 amide bonds. The third kappa shape index (κ3) is 1.03. The molecule has 1 saturated heterocycles. The Morgan fingerprint density at radius 1 is 1.62 bits per heavy atom. The molecular formula is C5H8OS2. The van der Waals surface area contributed by atoms with Crippen LogP contribution in [0.2, 0.25) is 0 Å². The lowest BCUT2D eigenvalue weighted by atomic mass is 10.1. The van der Waals surface area contributed by atoms with Gasteiger partial charge in [-0.25, -0.2) is 0 Å². The number of rotatable bonds is 0. The Bertz CT molecular complexity index is 120. The van der Waals surface area contributed by atoms with Gasteiger partial charge in [-0.2, -0.15) is 0 Å². The van der Waals surface area contributed by atoms with Crippen molar-refractivity contribution in [2.75, 3.05) is 5.75 Å². The number of ketones is 1. The Balaban J connectivity index is 2.68. The molecule has 0 atom stereocenters. The fourth-order valence-corrected chi connectivity index (χ4v) is 3.19. The molecule has 0 aromatic carbocycles. The highest BCUT2D eigenvalue weighted by molar-refractivity contribution is 8.78. The van der Waals surface area contributed by atoms with Crippen molar-refractivity contribution in [1.29, 1.82) is 0 Å². The van der Waals surface area contributed by atoms with E-state index < -0.39 is 0 Å². The van der Waals surface area contributed by atoms with Crippen LogP contribution in [0.25, 0.3) is 0 Å². The van der Waals surface area contributed by atoms with Gasteiger partial charge in [-0.05, 0) is 13.8 Å². The van der Waals surface area contributed by atoms with Gasteiger partial charge in [-0.1, -0.05) is 21.6 Å². The van der Waals surface area contributed by atoms with Gasteiger partial charge >= 0.3 is 0 Å². The van der Waals surface area contributed by atoms with Crippen molar-refractivity contribution >= 4 is 27.4 Å². The van der Waals surface area contributed by atoms with E-state index in [-0.39, 0.29) is 4.75 Å². The summed E-state index contributed by atoms with van der Waals surface area (Å²) in [5.41, 5.74) is 0. The molecule has 3 heteroatoms. The fraction of sp³-hybridized carbons (Fsp3) is 0.800. The fourth-order valence-electron chi connectivity index (χ4n) is 0.451. The van der Waals surface area contributed by atoms with Crippen molar-refractivity contribution in [1.82, 2.24) is 0 Å². The quantitative estimate of drug-likeness (QED) is 0.487. The number of Topliss-reactive ketones (excluding diaryl/α,β-unsaturated/α-hetero) is 1. The number of hydrogen-bond acceptors (Lipinski definition) is 3. The van der Waals surface area contributed by atoms with Gasteiger partial charge in [0, 0.05) is 0 Å². The predicted molar refractivity (Wildman–Crippen MR) is 39.1 cm³/mol. The average Bonchev–Trinajstić information content (AvgIpc) is 1.86. The van der Waals surface area contributed by atoms with E-state index in [0.29, 0.717) is 11.5 Å². The standard InChI is InChI=1S/C5H8OS2/c1-5(2)4(6)3-7-8-5/h3H2,1-2H3. The van der Waals surface area contributed by atoms with Crippen LogP contribution in [-0.2, 0) is 4.79 Å². The molecule has 0 aliphatic carbocycles. The third-order valence-electron chi connectivity index (χ3n) is 1.13. The third-order valence-corrected chi connectivity index (χ3v) is 4.23. The van der Waals surface area contributed by atoms with Crippen LogP contribution in [0.5, 0.6) is 0 Å². The summed E-state index contributed by atoms with van der Waals surface area (Å²) in [4.78, 5) is 10.9. The highest BCUT2D eigenvalue weighted by atomic mass is 33.1. The minimum atomic E-state index is -0.106. The molecule has 8 heavy (non-hydrogen) atoms. The summed E-state index contributed by atoms with van der Waals surface area (Å²) in [7, 11) is 3.33. The lowest BCUT2D eigenvalue weighted by Gasteiger charge is -2.09. The molecule has 0 aromatic heterocycles. The van der Waals surface area contributed by atoms with E-state index in [1.807, 2.05) is 13.8 Å². The van der Waals surface area contributed by atoms with Gasteiger partial charge in [0.2, 0.25) is 0 Å². The Morgan fingerprint density at radius 2 is 2.25 bits per heavy atom. The molecule has 1 aliphatic rings. The first-order chi connectivity index (χ1) is 3.63. The highest BCUT2D eigenvalue weighted by Gasteiger charge is 2.33. The van der Waals surface area contributed by atoms with Crippen LogP contribution in [0, 0.1) is 0 Å². The molecule has 0 bridgehead atoms. The van der Waals surface area contributed by atoms with Crippen molar-refractivity contribution in [2.24, 2.45) is 0 Å². The summed E-state index contributed by atoms with van der Waals surface area (Å²) in [5.74, 6) is 1.06. The summed E-state index contributed by atoms with van der Waals surface area (Å²) < 4.78 is -0.106. The van der Waals surface area contributed by atoms with E-state index in [1.165, 1.54) is 0 Å². The molecule has 0 N–H and O–H groups in total. The predicted octanol–water partition coefficient (Wildman–Crippen LogP) is 1.73. The van der Waals surface area contributed by atoms with Crippen molar-refractivity contribution < 1.29 is 4.79 Å². The smallest absolute Gasteiger partial charge is 0.159 e. The van der Waals surface area contributed by atoms with Gasteiger partial charge in [0.05, 0.1) is 10.5 Å². The summed E-state index contributed by atoms with van der Waals surface area (Å²) in [6.45, 7) is 3.94. The van der Waals surface area contributed by atoms with Gasteiger partial charge in [-0.15, -0.1) is 0 Å². The summed E-state index contributed by atoms with van der Waals surface area (Å²) >= 11 is 0. The Hall–Kier alpha value is 0.370. The molecule has 0 radical (unpaired) electrons. The minimum absolute atomic E-state index is 0.106. The van der Waals surface area contributed by atoms with E-state index in [1.54, 1.807) is 21.6 Å². The molecule has 1 aliphatic heterocycles. The van der Waals surface area contributed by atoms with Gasteiger partial charge < -0.3 is 0 Å². The second-order valence-electron chi connectivity index (χ2n) is 2.28. The Kier molecular flexibility index (Phi) is 1.59. The lowest BCUT2D eigenvalue weighted by Crippen LogP contribution is -2.22. The maximum absolute atomic E-state index is 10.9. The van der Waals surface area contributed by atoms with Gasteiger partial charge in [-0.3, -0.25) is 4.79 Å². The minimum Gasteiger partial charge on any atom is -0.297 e. The average molecular weight is 148 g/mol. The summed E-state index contributed by atoms with van der Waals surface area (Å²) in [6, 6.07) is 0. The van der Waals surface area contributed by atoms with E-state index in [4.69, 9.17) is 0 Å². The van der Waals surface area contributed by atoms with Crippen molar-refractivity contribution in [3.8, 4) is 0 Å². The SMILES string of the molecule is CC1(C)SSCC1=O. The van der Waals surface area contributed by atoms with Gasteiger partial charge in [0.15, 0.2) is 5.78 Å². The molecule has 0 spiro atoms. The van der Waals surface area contributed by atoms with Crippen molar-refractivity contribution in [3.05, 3.63) is 0 Å². The topological polar surface area (TPSA) is 17.1 Å². The summed E-state index contributed by atoms with van der Waals surface area (Å²) in [5, 5.41) is 0. The van der Waals surface area contributed by atoms with E-state index >= 15 is 0 Å². The Morgan fingerprint density at radius 3 is 2.38 bits per heavy atom. The number of carbonyl (C=O) groups is 1. The molecule has 1 rings (SSSR count). The van der Waals surface area contributed by atoms with Crippen LogP contribution >= 0.6 is 21.6 Å². The molecule has 46 valence electrons. The van der Waals surface area contributed by atoms with Crippen LogP contribution < -0.4 is 0 Å². The molecule has 0 unspecified atom stereocenters. The summed E-state index contributed by atoms with van der Waals surface area (Å²) in [6.07, 6.45) is 0. The number of hydrogen-bond donors (Lipinski definition) is 0. The molecular weight excluding hydrogens is 140 g/mol. The first-order valence-corrected chi connectivity index (χ1v) is 4.79. The molecule has 0 saturated carbocycles. The van der Waals surface area contributed by atoms with Crippen LogP contribution in [0.4, 0.5) is 0 Å². The van der Waals surface area contributed by atoms with E-state index in [2.05, 4.69) is 0 Å². The molecule has 1 fully saturated rings. The molecule has 1 heterocycles. The highest BCUT2D eigenvalue weighted by Crippen LogP contribution is 2.43. The second kappa shape index (κ2) is 1.95. The zero-order valence-corrected chi connectivity index (χ0v) is 6.56. The lowest BCUT2D eigenvalue weighted by molar-refractivity contribution is -0.117. The first-order valence-electron chi connectivity index (χ1n) is 2.47. The largest absolute Gasteiger partial charge is 0.297 e. The van der Waals surface area contributed by atoms with E-state index in [0.717, 1.165) is 0 Å². The zero-order chi connectivity index (χ0) is 6.20. The van der Waals surface area contributed by atoms with Crippen LogP contribution in [-0.4, -0.2) is 16.3 Å². The zero-order valence-electron chi connectivity index (χ0n) is 4.93. The second-order valence-corrected chi connectivity index (χ2v) is 5.20. The normalized spacial score (nSPS) is 26.5. The van der Waals surface area contributed by atoms with Gasteiger partial charge in [0.25, 0.3) is 0 Å². The van der Waals surface area contributed by atoms with Crippen molar-refractivity contribution in [3.63, 3.8) is 0 Å².